The summed E-state index contributed by atoms with van der Waals surface area (Å²) in [7, 11) is 2.91. The Morgan fingerprint density at radius 2 is 1.92 bits per heavy atom. The maximum absolute atomic E-state index is 11.8. The van der Waals surface area contributed by atoms with E-state index in [1.54, 1.807) is 43.6 Å². The fourth-order valence-corrected chi connectivity index (χ4v) is 2.61. The molecule has 0 N–H and O–H groups in total. The molecule has 2 aromatic carbocycles. The number of nitriles is 1. The number of esters is 1. The number of hydrogen-bond donors (Lipinski definition) is 0. The molecule has 5 heteroatoms. The average Bonchev–Trinajstić information content (AvgIpc) is 2.65. The van der Waals surface area contributed by atoms with E-state index in [-0.39, 0.29) is 0 Å². The van der Waals surface area contributed by atoms with E-state index < -0.39 is 5.97 Å². The molecule has 3 aromatic rings. The predicted molar refractivity (Wildman–Crippen MR) is 89.8 cm³/mol. The number of aromatic nitrogens is 1. The highest BCUT2D eigenvalue weighted by Crippen LogP contribution is 2.35. The van der Waals surface area contributed by atoms with Crippen molar-refractivity contribution >= 4 is 16.9 Å². The monoisotopic (exact) mass is 318 g/mol. The van der Waals surface area contributed by atoms with Gasteiger partial charge in [-0.1, -0.05) is 0 Å². The molecule has 1 heterocycles. The van der Waals surface area contributed by atoms with E-state index in [1.165, 1.54) is 7.11 Å². The van der Waals surface area contributed by atoms with Crippen LogP contribution in [0.25, 0.3) is 22.0 Å². The second kappa shape index (κ2) is 6.39. The number of pyridine rings is 1. The van der Waals surface area contributed by atoms with Crippen LogP contribution in [0.5, 0.6) is 5.75 Å². The first-order valence-corrected chi connectivity index (χ1v) is 7.23. The third-order valence-electron chi connectivity index (χ3n) is 3.78. The molecule has 0 unspecified atom stereocenters. The van der Waals surface area contributed by atoms with Gasteiger partial charge in [0.05, 0.1) is 36.9 Å². The topological polar surface area (TPSA) is 72.2 Å². The molecule has 24 heavy (non-hydrogen) atoms. The first-order chi connectivity index (χ1) is 11.7. The number of carbonyl (C=O) groups is 1. The fraction of sp³-hybridized carbons (Fsp3) is 0.105. The summed E-state index contributed by atoms with van der Waals surface area (Å²) in [5, 5.41) is 9.86. The lowest BCUT2D eigenvalue weighted by Gasteiger charge is -2.12. The predicted octanol–water partition coefficient (Wildman–Crippen LogP) is 3.57. The van der Waals surface area contributed by atoms with E-state index in [4.69, 9.17) is 14.7 Å². The van der Waals surface area contributed by atoms with Gasteiger partial charge in [-0.05, 0) is 48.0 Å². The Morgan fingerprint density at radius 3 is 2.62 bits per heavy atom. The maximum atomic E-state index is 11.8. The molecular weight excluding hydrogens is 304 g/mol. The van der Waals surface area contributed by atoms with Crippen LogP contribution in [-0.4, -0.2) is 25.2 Å². The Labute approximate surface area is 139 Å². The largest absolute Gasteiger partial charge is 0.496 e. The van der Waals surface area contributed by atoms with Crippen LogP contribution in [0, 0.1) is 11.3 Å². The van der Waals surface area contributed by atoms with Gasteiger partial charge in [-0.2, -0.15) is 5.26 Å². The molecule has 118 valence electrons. The van der Waals surface area contributed by atoms with Crippen molar-refractivity contribution in [2.45, 2.75) is 0 Å². The van der Waals surface area contributed by atoms with E-state index in [9.17, 15) is 4.79 Å². The van der Waals surface area contributed by atoms with Crippen LogP contribution in [-0.2, 0) is 4.74 Å². The summed E-state index contributed by atoms with van der Waals surface area (Å²) >= 11 is 0. The van der Waals surface area contributed by atoms with Crippen LogP contribution in [0.15, 0.2) is 48.7 Å². The molecule has 0 aliphatic heterocycles. The van der Waals surface area contributed by atoms with Crippen LogP contribution in [0.4, 0.5) is 0 Å². The molecule has 0 spiro atoms. The maximum Gasteiger partial charge on any atom is 0.337 e. The number of hydrogen-bond acceptors (Lipinski definition) is 5. The molecule has 3 rings (SSSR count). The van der Waals surface area contributed by atoms with E-state index >= 15 is 0 Å². The normalized spacial score (nSPS) is 10.2. The summed E-state index contributed by atoms with van der Waals surface area (Å²) in [6, 6.07) is 14.4. The summed E-state index contributed by atoms with van der Waals surface area (Å²) in [5.74, 6) is 0.184. The van der Waals surface area contributed by atoms with Crippen LogP contribution in [0.3, 0.4) is 0 Å². The van der Waals surface area contributed by atoms with Crippen molar-refractivity contribution in [2.24, 2.45) is 0 Å². The number of fused-ring (bicyclic) bond motifs is 1. The zero-order valence-electron chi connectivity index (χ0n) is 13.2. The van der Waals surface area contributed by atoms with Crippen molar-refractivity contribution in [2.75, 3.05) is 14.2 Å². The van der Waals surface area contributed by atoms with Gasteiger partial charge >= 0.3 is 5.97 Å². The Hall–Kier alpha value is -3.39. The molecule has 5 nitrogen and oxygen atoms in total. The van der Waals surface area contributed by atoms with Crippen molar-refractivity contribution in [3.63, 3.8) is 0 Å². The molecule has 0 aliphatic rings. The van der Waals surface area contributed by atoms with E-state index in [0.717, 1.165) is 22.0 Å². The van der Waals surface area contributed by atoms with Gasteiger partial charge in [-0.25, -0.2) is 4.79 Å². The standard InChI is InChI=1S/C19H14N2O3/c1-23-18-9-12(11-20)3-5-15(18)14-7-8-21-17-6-4-13(10-16(14)17)19(22)24-2/h3-10H,1-2H3. The SMILES string of the molecule is COC(=O)c1ccc2nccc(-c3ccc(C#N)cc3OC)c2c1. The van der Waals surface area contributed by atoms with Crippen LogP contribution in [0.1, 0.15) is 15.9 Å². The smallest absolute Gasteiger partial charge is 0.337 e. The van der Waals surface area contributed by atoms with Crippen LogP contribution < -0.4 is 4.74 Å². The van der Waals surface area contributed by atoms with Gasteiger partial charge in [0, 0.05) is 17.1 Å². The van der Waals surface area contributed by atoms with Crippen molar-refractivity contribution in [3.8, 4) is 22.9 Å². The van der Waals surface area contributed by atoms with Crippen molar-refractivity contribution in [3.05, 3.63) is 59.8 Å². The Balaban J connectivity index is 2.26. The number of carbonyl (C=O) groups excluding carboxylic acids is 1. The minimum Gasteiger partial charge on any atom is -0.496 e. The second-order valence-corrected chi connectivity index (χ2v) is 5.11. The lowest BCUT2D eigenvalue weighted by atomic mass is 9.98. The van der Waals surface area contributed by atoms with E-state index in [0.29, 0.717) is 16.9 Å². The average molecular weight is 318 g/mol. The number of ether oxygens (including phenoxy) is 2. The number of methoxy groups -OCH3 is 2. The molecular formula is C19H14N2O3. The van der Waals surface area contributed by atoms with Gasteiger partial charge in [0.25, 0.3) is 0 Å². The van der Waals surface area contributed by atoms with Crippen LogP contribution in [0.2, 0.25) is 0 Å². The molecule has 0 saturated carbocycles. The molecule has 0 radical (unpaired) electrons. The molecule has 0 saturated heterocycles. The Kier molecular flexibility index (Phi) is 4.13. The number of rotatable bonds is 3. The minimum atomic E-state index is -0.404. The summed E-state index contributed by atoms with van der Waals surface area (Å²) in [5.41, 5.74) is 3.42. The summed E-state index contributed by atoms with van der Waals surface area (Å²) in [6.07, 6.45) is 1.70. The summed E-state index contributed by atoms with van der Waals surface area (Å²) in [4.78, 5) is 16.1. The third-order valence-corrected chi connectivity index (χ3v) is 3.78. The lowest BCUT2D eigenvalue weighted by molar-refractivity contribution is 0.0601. The highest BCUT2D eigenvalue weighted by molar-refractivity contribution is 6.01. The van der Waals surface area contributed by atoms with Gasteiger partial charge < -0.3 is 9.47 Å². The molecule has 0 amide bonds. The summed E-state index contributed by atoms with van der Waals surface area (Å²) < 4.78 is 10.2. The third kappa shape index (κ3) is 2.66. The number of nitrogens with zero attached hydrogens (tertiary/aromatic N) is 2. The molecule has 1 aromatic heterocycles. The molecule has 0 aliphatic carbocycles. The van der Waals surface area contributed by atoms with Gasteiger partial charge in [0.2, 0.25) is 0 Å². The Morgan fingerprint density at radius 1 is 1.08 bits per heavy atom. The van der Waals surface area contributed by atoms with E-state index in [2.05, 4.69) is 11.1 Å². The molecule has 0 atom stereocenters. The quantitative estimate of drug-likeness (QED) is 0.690. The zero-order valence-corrected chi connectivity index (χ0v) is 13.2. The first kappa shape index (κ1) is 15.5. The van der Waals surface area contributed by atoms with Crippen molar-refractivity contribution in [1.82, 2.24) is 4.98 Å². The van der Waals surface area contributed by atoms with Crippen molar-refractivity contribution in [1.29, 1.82) is 5.26 Å². The first-order valence-electron chi connectivity index (χ1n) is 7.23. The molecule has 0 fully saturated rings. The minimum absolute atomic E-state index is 0.404. The lowest BCUT2D eigenvalue weighted by Crippen LogP contribution is -2.01. The highest BCUT2D eigenvalue weighted by atomic mass is 16.5. The Bertz CT molecular complexity index is 974. The van der Waals surface area contributed by atoms with Gasteiger partial charge in [0.1, 0.15) is 5.75 Å². The number of benzene rings is 2. The molecule has 0 bridgehead atoms. The second-order valence-electron chi connectivity index (χ2n) is 5.11. The van der Waals surface area contributed by atoms with Gasteiger partial charge in [-0.3, -0.25) is 4.98 Å². The zero-order chi connectivity index (χ0) is 17.1. The highest BCUT2D eigenvalue weighted by Gasteiger charge is 2.13. The van der Waals surface area contributed by atoms with Gasteiger partial charge in [0.15, 0.2) is 0 Å². The summed E-state index contributed by atoms with van der Waals surface area (Å²) in [6.45, 7) is 0. The van der Waals surface area contributed by atoms with Gasteiger partial charge in [-0.15, -0.1) is 0 Å². The fourth-order valence-electron chi connectivity index (χ4n) is 2.61. The van der Waals surface area contributed by atoms with Crippen LogP contribution >= 0.6 is 0 Å². The van der Waals surface area contributed by atoms with Crippen molar-refractivity contribution < 1.29 is 14.3 Å². The van der Waals surface area contributed by atoms with E-state index in [1.807, 2.05) is 12.1 Å².